The Labute approximate surface area is 216 Å². The van der Waals surface area contributed by atoms with Crippen LogP contribution in [0.2, 0.25) is 0 Å². The van der Waals surface area contributed by atoms with Gasteiger partial charge in [0, 0.05) is 22.8 Å². The molecule has 36 heavy (non-hydrogen) atoms. The van der Waals surface area contributed by atoms with E-state index in [4.69, 9.17) is 0 Å². The minimum atomic E-state index is -2.54. The van der Waals surface area contributed by atoms with Crippen molar-refractivity contribution in [2.75, 3.05) is 4.90 Å². The molecule has 184 valence electrons. The normalized spacial score (nSPS) is 11.8. The van der Waals surface area contributed by atoms with Crippen molar-refractivity contribution in [3.05, 3.63) is 77.1 Å². The number of rotatable bonds is 8. The van der Waals surface area contributed by atoms with Crippen LogP contribution in [0.3, 0.4) is 0 Å². The summed E-state index contributed by atoms with van der Waals surface area (Å²) < 4.78 is 28.7. The van der Waals surface area contributed by atoms with Gasteiger partial charge in [0.2, 0.25) is 0 Å². The molecular weight excluding hydrogens is 498 g/mol. The predicted molar refractivity (Wildman–Crippen MR) is 143 cm³/mol. The molecule has 0 aliphatic heterocycles. The van der Waals surface area contributed by atoms with Crippen LogP contribution in [-0.2, 0) is 11.3 Å². The third-order valence-electron chi connectivity index (χ3n) is 5.71. The first-order valence-corrected chi connectivity index (χ1v) is 13.1. The Kier molecular flexibility index (Phi) is 7.87. The number of amides is 1. The molecule has 0 atom stereocenters. The van der Waals surface area contributed by atoms with Gasteiger partial charge in [0.1, 0.15) is 11.6 Å². The summed E-state index contributed by atoms with van der Waals surface area (Å²) in [6, 6.07) is 17.8. The largest absolute Gasteiger partial charge is 0.349 e. The van der Waals surface area contributed by atoms with Gasteiger partial charge in [-0.1, -0.05) is 42.2 Å². The summed E-state index contributed by atoms with van der Waals surface area (Å²) in [6.45, 7) is 6.92. The maximum atomic E-state index is 13.8. The molecular formula is C27H24F2N4OS2. The van der Waals surface area contributed by atoms with Gasteiger partial charge in [-0.3, -0.25) is 9.69 Å². The maximum absolute atomic E-state index is 13.8. The van der Waals surface area contributed by atoms with Gasteiger partial charge >= 0.3 is 0 Å². The van der Waals surface area contributed by atoms with E-state index in [9.17, 15) is 18.8 Å². The smallest absolute Gasteiger partial charge is 0.288 e. The van der Waals surface area contributed by atoms with Gasteiger partial charge in [-0.2, -0.15) is 14.0 Å². The van der Waals surface area contributed by atoms with Crippen LogP contribution in [-0.4, -0.2) is 21.2 Å². The van der Waals surface area contributed by atoms with E-state index in [1.807, 2.05) is 44.2 Å². The van der Waals surface area contributed by atoms with Gasteiger partial charge in [0.05, 0.1) is 15.9 Å². The lowest BCUT2D eigenvalue weighted by Gasteiger charge is -2.20. The molecule has 0 saturated heterocycles. The Bertz CT molecular complexity index is 1430. The van der Waals surface area contributed by atoms with Gasteiger partial charge in [0.25, 0.3) is 11.7 Å². The quantitative estimate of drug-likeness (QED) is 0.135. The number of thioether (sulfide) groups is 1. The topological polar surface area (TPSA) is 61.9 Å². The second kappa shape index (κ2) is 11.1. The Morgan fingerprint density at radius 2 is 1.94 bits per heavy atom. The first-order valence-electron chi connectivity index (χ1n) is 11.4. The van der Waals surface area contributed by atoms with Gasteiger partial charge in [-0.05, 0) is 74.4 Å². The number of carbonyl (C=O) groups is 1. The van der Waals surface area contributed by atoms with Gasteiger partial charge < -0.3 is 4.57 Å². The molecule has 2 aromatic carbocycles. The number of nitriles is 1. The SMILES string of the molecule is CCCn1c(C)cc(/C=C(/C#N)C(=O)N(c2ccc(SC(F)F)cc2)c2nc3ccccc3s2)c1C. The van der Waals surface area contributed by atoms with Crippen molar-refractivity contribution in [3.8, 4) is 6.07 Å². The number of carbonyl (C=O) groups excluding carboxylic acids is 1. The van der Waals surface area contributed by atoms with Gasteiger partial charge in [-0.25, -0.2) is 4.98 Å². The number of nitrogens with zero attached hydrogens (tertiary/aromatic N) is 4. The Morgan fingerprint density at radius 1 is 1.22 bits per heavy atom. The van der Waals surface area contributed by atoms with Crippen LogP contribution in [0.5, 0.6) is 0 Å². The van der Waals surface area contributed by atoms with Crippen LogP contribution < -0.4 is 4.90 Å². The van der Waals surface area contributed by atoms with E-state index in [1.54, 1.807) is 18.2 Å². The van der Waals surface area contributed by atoms with Gasteiger partial charge in [0.15, 0.2) is 5.13 Å². The summed E-state index contributed by atoms with van der Waals surface area (Å²) in [5, 5.41) is 10.4. The number of halogens is 2. The molecule has 0 saturated carbocycles. The van der Waals surface area contributed by atoms with E-state index in [0.717, 1.165) is 40.1 Å². The number of aromatic nitrogens is 2. The van der Waals surface area contributed by atoms with Crippen molar-refractivity contribution in [2.45, 2.75) is 44.4 Å². The standard InChI is InChI=1S/C27H24F2N4OS2/c1-4-13-32-17(2)14-19(18(32)3)15-20(16-30)25(34)33(21-9-11-22(12-10-21)35-26(28)29)27-31-23-7-5-6-8-24(23)36-27/h5-12,14-15,26H,4,13H2,1-3H3/b20-15-. The van der Waals surface area contributed by atoms with Crippen molar-refractivity contribution < 1.29 is 13.6 Å². The van der Waals surface area contributed by atoms with Crippen molar-refractivity contribution >= 4 is 56.1 Å². The average Bonchev–Trinajstić information content (AvgIpc) is 3.39. The summed E-state index contributed by atoms with van der Waals surface area (Å²) >= 11 is 1.75. The molecule has 4 rings (SSSR count). The summed E-state index contributed by atoms with van der Waals surface area (Å²) in [4.78, 5) is 20.2. The van der Waals surface area contributed by atoms with E-state index >= 15 is 0 Å². The average molecular weight is 523 g/mol. The highest BCUT2D eigenvalue weighted by atomic mass is 32.2. The van der Waals surface area contributed by atoms with E-state index in [2.05, 4.69) is 22.5 Å². The number of hydrogen-bond acceptors (Lipinski definition) is 5. The van der Waals surface area contributed by atoms with E-state index in [0.29, 0.717) is 27.5 Å². The fourth-order valence-electron chi connectivity index (χ4n) is 4.01. The number of alkyl halides is 2. The molecule has 0 N–H and O–H groups in total. The number of para-hydroxylation sites is 1. The predicted octanol–water partition coefficient (Wildman–Crippen LogP) is 7.71. The lowest BCUT2D eigenvalue weighted by molar-refractivity contribution is -0.114. The second-order valence-corrected chi connectivity index (χ2v) is 10.2. The molecule has 0 spiro atoms. The lowest BCUT2D eigenvalue weighted by atomic mass is 10.1. The minimum Gasteiger partial charge on any atom is -0.349 e. The number of hydrogen-bond donors (Lipinski definition) is 0. The fraction of sp³-hybridized carbons (Fsp3) is 0.222. The first kappa shape index (κ1) is 25.6. The van der Waals surface area contributed by atoms with Crippen LogP contribution >= 0.6 is 23.1 Å². The van der Waals surface area contributed by atoms with E-state index in [1.165, 1.54) is 28.4 Å². The second-order valence-electron chi connectivity index (χ2n) is 8.13. The van der Waals surface area contributed by atoms with E-state index < -0.39 is 11.7 Å². The zero-order valence-electron chi connectivity index (χ0n) is 20.0. The van der Waals surface area contributed by atoms with Crippen molar-refractivity contribution in [3.63, 3.8) is 0 Å². The molecule has 0 bridgehead atoms. The Balaban J connectivity index is 1.79. The minimum absolute atomic E-state index is 0.0444. The fourth-order valence-corrected chi connectivity index (χ4v) is 5.49. The van der Waals surface area contributed by atoms with E-state index in [-0.39, 0.29) is 5.57 Å². The number of thiazole rings is 1. The van der Waals surface area contributed by atoms with Crippen molar-refractivity contribution in [2.24, 2.45) is 0 Å². The van der Waals surface area contributed by atoms with Crippen LogP contribution in [0.4, 0.5) is 19.6 Å². The zero-order chi connectivity index (χ0) is 25.8. The third kappa shape index (κ3) is 5.35. The van der Waals surface area contributed by atoms with Crippen LogP contribution in [0.15, 0.2) is 65.1 Å². The lowest BCUT2D eigenvalue weighted by Crippen LogP contribution is -2.27. The molecule has 0 aliphatic carbocycles. The molecule has 1 amide bonds. The molecule has 2 heterocycles. The van der Waals surface area contributed by atoms with Crippen molar-refractivity contribution in [1.29, 1.82) is 5.26 Å². The van der Waals surface area contributed by atoms with Crippen LogP contribution in [0.1, 0.15) is 30.3 Å². The first-order chi connectivity index (χ1) is 17.3. The molecule has 0 fully saturated rings. The number of aryl methyl sites for hydroxylation is 1. The summed E-state index contributed by atoms with van der Waals surface area (Å²) in [5.41, 5.74) is 3.96. The summed E-state index contributed by atoms with van der Waals surface area (Å²) in [6.07, 6.45) is 2.58. The molecule has 0 aliphatic rings. The third-order valence-corrected chi connectivity index (χ3v) is 7.45. The molecule has 5 nitrogen and oxygen atoms in total. The van der Waals surface area contributed by atoms with Crippen LogP contribution in [0, 0.1) is 25.2 Å². The molecule has 9 heteroatoms. The highest BCUT2D eigenvalue weighted by Gasteiger charge is 2.26. The summed E-state index contributed by atoms with van der Waals surface area (Å²) in [5.74, 6) is -3.08. The molecule has 2 aromatic heterocycles. The monoisotopic (exact) mass is 522 g/mol. The summed E-state index contributed by atoms with van der Waals surface area (Å²) in [7, 11) is 0. The van der Waals surface area contributed by atoms with Crippen molar-refractivity contribution in [1.82, 2.24) is 9.55 Å². The Hall–Kier alpha value is -3.48. The highest BCUT2D eigenvalue weighted by Crippen LogP contribution is 2.36. The molecule has 0 radical (unpaired) electrons. The zero-order valence-corrected chi connectivity index (χ0v) is 21.7. The number of fused-ring (bicyclic) bond motifs is 1. The number of benzene rings is 2. The van der Waals surface area contributed by atoms with Gasteiger partial charge in [-0.15, -0.1) is 0 Å². The number of anilines is 2. The van der Waals surface area contributed by atoms with Crippen LogP contribution in [0.25, 0.3) is 16.3 Å². The molecule has 0 unspecified atom stereocenters. The highest BCUT2D eigenvalue weighted by molar-refractivity contribution is 7.99. The molecule has 4 aromatic rings. The Morgan fingerprint density at radius 3 is 2.58 bits per heavy atom. The maximum Gasteiger partial charge on any atom is 0.288 e.